The second-order valence-electron chi connectivity index (χ2n) is 2.71. The summed E-state index contributed by atoms with van der Waals surface area (Å²) in [7, 11) is 0. The van der Waals surface area contributed by atoms with Gasteiger partial charge in [-0.2, -0.15) is 0 Å². The van der Waals surface area contributed by atoms with E-state index in [-0.39, 0.29) is 56.9 Å². The first-order chi connectivity index (χ1) is 6.01. The molecule has 1 rings (SSSR count). The van der Waals surface area contributed by atoms with E-state index in [4.69, 9.17) is 0 Å². The summed E-state index contributed by atoms with van der Waals surface area (Å²) in [5.74, 6) is 0. The van der Waals surface area contributed by atoms with Gasteiger partial charge in [-0.25, -0.2) is 0 Å². The molecule has 0 aliphatic heterocycles. The van der Waals surface area contributed by atoms with Crippen molar-refractivity contribution < 1.29 is 64.3 Å². The quantitative estimate of drug-likeness (QED) is 0.641. The third-order valence-corrected chi connectivity index (χ3v) is 1.52. The van der Waals surface area contributed by atoms with Crippen molar-refractivity contribution in [3.05, 3.63) is 36.2 Å². The topological polar surface area (TPSA) is 12.9 Å². The van der Waals surface area contributed by atoms with E-state index in [0.29, 0.717) is 5.69 Å². The normalized spacial score (nSPS) is 10.5. The molecule has 0 saturated heterocycles. The van der Waals surface area contributed by atoms with E-state index in [1.807, 2.05) is 0 Å². The van der Waals surface area contributed by atoms with Crippen LogP contribution in [0.1, 0.15) is 11.3 Å². The van der Waals surface area contributed by atoms with Gasteiger partial charge in [0.2, 0.25) is 0 Å². The van der Waals surface area contributed by atoms with E-state index in [1.54, 1.807) is 0 Å². The molecule has 0 N–H and O–H groups in total. The number of aromatic nitrogens is 1. The maximum Gasteiger partial charge on any atom is 1.00 e. The summed E-state index contributed by atoms with van der Waals surface area (Å²) in [6.45, 7) is -1.31. The molecule has 0 aliphatic rings. The van der Waals surface area contributed by atoms with Crippen LogP contribution in [0.2, 0.25) is 0 Å². The van der Waals surface area contributed by atoms with E-state index in [9.17, 15) is 12.9 Å². The predicted molar refractivity (Wildman–Crippen MR) is 47.1 cm³/mol. The third kappa shape index (κ3) is 5.31. The minimum absolute atomic E-state index is 0. The van der Waals surface area contributed by atoms with Crippen LogP contribution in [0.4, 0.5) is 12.9 Å². The summed E-state index contributed by atoms with van der Waals surface area (Å²) >= 11 is 0. The van der Waals surface area contributed by atoms with Gasteiger partial charge in [0.05, 0.1) is 5.69 Å². The maximum atomic E-state index is 11.9. The van der Waals surface area contributed by atoms with Crippen LogP contribution in [0.15, 0.2) is 24.9 Å². The fourth-order valence-corrected chi connectivity index (χ4v) is 0.945. The van der Waals surface area contributed by atoms with Gasteiger partial charge in [0.1, 0.15) is 0 Å². The molecule has 0 fully saturated rings. The summed E-state index contributed by atoms with van der Waals surface area (Å²) in [5.41, 5.74) is 0.775. The summed E-state index contributed by atoms with van der Waals surface area (Å²) in [4.78, 5) is 3.77. The molecular formula is C8H8BF3KN. The van der Waals surface area contributed by atoms with Gasteiger partial charge in [0.25, 0.3) is 0 Å². The molecule has 1 aromatic rings. The van der Waals surface area contributed by atoms with E-state index in [1.165, 1.54) is 24.4 Å². The van der Waals surface area contributed by atoms with Gasteiger partial charge in [0, 0.05) is 6.20 Å². The Hall–Kier alpha value is 0.381. The molecule has 1 nitrogen and oxygen atoms in total. The first-order valence-electron chi connectivity index (χ1n) is 3.79. The van der Waals surface area contributed by atoms with Crippen molar-refractivity contribution in [1.82, 2.24) is 4.98 Å². The molecule has 14 heavy (non-hydrogen) atoms. The number of hydrogen-bond acceptors (Lipinski definition) is 1. The molecule has 0 atom stereocenters. The average Bonchev–Trinajstić information content (AvgIpc) is 2.03. The minimum atomic E-state index is -4.76. The van der Waals surface area contributed by atoms with Crippen molar-refractivity contribution in [2.24, 2.45) is 0 Å². The number of halogens is 3. The van der Waals surface area contributed by atoms with E-state index in [2.05, 4.69) is 11.6 Å². The van der Waals surface area contributed by atoms with E-state index in [0.717, 1.165) is 0 Å². The van der Waals surface area contributed by atoms with Crippen LogP contribution < -0.4 is 51.4 Å². The van der Waals surface area contributed by atoms with Crippen LogP contribution in [-0.2, 0) is 6.32 Å². The van der Waals surface area contributed by atoms with Crippen molar-refractivity contribution >= 4 is 13.1 Å². The van der Waals surface area contributed by atoms with Crippen LogP contribution in [0.3, 0.4) is 0 Å². The summed E-state index contributed by atoms with van der Waals surface area (Å²) in [6.07, 6.45) is 1.85. The molecule has 0 spiro atoms. The van der Waals surface area contributed by atoms with Gasteiger partial charge in [-0.1, -0.05) is 24.5 Å². The largest absolute Gasteiger partial charge is 1.00 e. The Kier molecular flexibility index (Phi) is 6.24. The molecule has 0 unspecified atom stereocenters. The van der Waals surface area contributed by atoms with Crippen LogP contribution in [0, 0.1) is 0 Å². The SMILES string of the molecule is C=Cc1ccc(C[B-](F)(F)F)cn1.[K+]. The molecule has 0 radical (unpaired) electrons. The average molecular weight is 225 g/mol. The summed E-state index contributed by atoms with van der Waals surface area (Å²) < 4.78 is 35.8. The Balaban J connectivity index is 0.00000169. The Bertz CT molecular complexity index is 296. The van der Waals surface area contributed by atoms with Crippen molar-refractivity contribution in [3.63, 3.8) is 0 Å². The van der Waals surface area contributed by atoms with Crippen molar-refractivity contribution in [1.29, 1.82) is 0 Å². The number of hydrogen-bond donors (Lipinski definition) is 0. The Morgan fingerprint density at radius 3 is 2.36 bits per heavy atom. The molecular weight excluding hydrogens is 217 g/mol. The minimum Gasteiger partial charge on any atom is -0.449 e. The van der Waals surface area contributed by atoms with Crippen LogP contribution in [-0.4, -0.2) is 12.0 Å². The van der Waals surface area contributed by atoms with Gasteiger partial charge >= 0.3 is 58.4 Å². The fourth-order valence-electron chi connectivity index (χ4n) is 0.945. The monoisotopic (exact) mass is 225 g/mol. The van der Waals surface area contributed by atoms with Crippen LogP contribution >= 0.6 is 0 Å². The molecule has 1 aromatic heterocycles. The second-order valence-corrected chi connectivity index (χ2v) is 2.71. The number of pyridine rings is 1. The standard InChI is InChI=1S/C8H8BF3N.K/c1-2-8-4-3-7(6-13-8)5-9(10,11)12;/h2-4,6H,1,5H2;/q-1;+1. The summed E-state index contributed by atoms with van der Waals surface area (Å²) in [5, 5.41) is 0. The van der Waals surface area contributed by atoms with Crippen LogP contribution in [0.25, 0.3) is 6.08 Å². The van der Waals surface area contributed by atoms with Gasteiger partial charge < -0.3 is 12.9 Å². The zero-order valence-corrected chi connectivity index (χ0v) is 11.0. The van der Waals surface area contributed by atoms with Crippen molar-refractivity contribution in [2.45, 2.75) is 6.32 Å². The Morgan fingerprint density at radius 1 is 1.36 bits per heavy atom. The van der Waals surface area contributed by atoms with Gasteiger partial charge in [0.15, 0.2) is 0 Å². The van der Waals surface area contributed by atoms with Crippen LogP contribution in [0.5, 0.6) is 0 Å². The number of nitrogens with zero attached hydrogens (tertiary/aromatic N) is 1. The molecule has 0 aliphatic carbocycles. The van der Waals surface area contributed by atoms with E-state index >= 15 is 0 Å². The Morgan fingerprint density at radius 2 is 2.00 bits per heavy atom. The molecule has 0 bridgehead atoms. The Labute approximate surface area is 123 Å². The third-order valence-electron chi connectivity index (χ3n) is 1.52. The molecule has 70 valence electrons. The fraction of sp³-hybridized carbons (Fsp3) is 0.125. The smallest absolute Gasteiger partial charge is 0.449 e. The zero-order chi connectivity index (χ0) is 9.90. The van der Waals surface area contributed by atoms with Gasteiger partial charge in [-0.15, -0.1) is 0 Å². The predicted octanol–water partition coefficient (Wildman–Crippen LogP) is -0.342. The van der Waals surface area contributed by atoms with Crippen molar-refractivity contribution in [2.75, 3.05) is 0 Å². The van der Waals surface area contributed by atoms with Crippen molar-refractivity contribution in [3.8, 4) is 0 Å². The maximum absolute atomic E-state index is 11.9. The first-order valence-corrected chi connectivity index (χ1v) is 3.79. The van der Waals surface area contributed by atoms with E-state index < -0.39 is 13.3 Å². The zero-order valence-electron chi connectivity index (χ0n) is 7.88. The summed E-state index contributed by atoms with van der Waals surface area (Å²) in [6, 6.07) is 2.93. The van der Waals surface area contributed by atoms with Gasteiger partial charge in [-0.05, 0) is 12.1 Å². The van der Waals surface area contributed by atoms with Gasteiger partial charge in [-0.3, -0.25) is 4.98 Å². The molecule has 6 heteroatoms. The molecule has 1 heterocycles. The molecule has 0 amide bonds. The molecule has 0 saturated carbocycles. The second kappa shape index (κ2) is 6.07. The first kappa shape index (κ1) is 14.4. The number of rotatable bonds is 3. The molecule has 0 aromatic carbocycles.